The first-order valence-corrected chi connectivity index (χ1v) is 9.93. The van der Waals surface area contributed by atoms with Crippen LogP contribution in [0.4, 0.5) is 24.5 Å². The van der Waals surface area contributed by atoms with E-state index in [2.05, 4.69) is 15.7 Å². The van der Waals surface area contributed by atoms with Crippen molar-refractivity contribution in [2.24, 2.45) is 5.10 Å². The van der Waals surface area contributed by atoms with Crippen molar-refractivity contribution in [1.82, 2.24) is 5.43 Å². The molecule has 0 fully saturated rings. The predicted molar refractivity (Wildman–Crippen MR) is 121 cm³/mol. The molecule has 0 aliphatic rings. The molecule has 34 heavy (non-hydrogen) atoms. The van der Waals surface area contributed by atoms with Crippen LogP contribution in [0.15, 0.2) is 77.9 Å². The number of rotatable bonds is 5. The molecular weight excluding hydrogens is 449 g/mol. The van der Waals surface area contributed by atoms with Gasteiger partial charge in [0.25, 0.3) is 5.91 Å². The molecule has 0 heterocycles. The fourth-order valence-corrected chi connectivity index (χ4v) is 2.88. The first-order valence-electron chi connectivity index (χ1n) is 9.93. The van der Waals surface area contributed by atoms with Gasteiger partial charge in [-0.25, -0.2) is 5.43 Å². The second kappa shape index (κ2) is 10.4. The van der Waals surface area contributed by atoms with Gasteiger partial charge in [0, 0.05) is 11.3 Å². The molecule has 0 atom stereocenters. The fraction of sp³-hybridized carbons (Fsp3) is 0.0833. The standard InChI is InChI=1S/C24H19F3N4O3/c1-15-10-12-17(13-11-15)29-21(32)18-7-3-5-9-20(18)30-22(33)23(34)31-28-14-16-6-2-4-8-19(16)24(25,26)27/h2-14H,1H3,(H,29,32)(H,30,33)(H,31,34)/b28-14-. The maximum absolute atomic E-state index is 13.0. The van der Waals surface area contributed by atoms with Crippen molar-refractivity contribution in [2.45, 2.75) is 13.1 Å². The van der Waals surface area contributed by atoms with Crippen molar-refractivity contribution in [3.8, 4) is 0 Å². The minimum absolute atomic E-state index is 0.0682. The lowest BCUT2D eigenvalue weighted by Crippen LogP contribution is -2.33. The van der Waals surface area contributed by atoms with Gasteiger partial charge in [-0.3, -0.25) is 14.4 Å². The number of nitrogens with one attached hydrogen (secondary N) is 3. The molecular formula is C24H19F3N4O3. The van der Waals surface area contributed by atoms with Gasteiger partial charge in [0.15, 0.2) is 0 Å². The van der Waals surface area contributed by atoms with E-state index in [9.17, 15) is 27.6 Å². The molecule has 174 valence electrons. The topological polar surface area (TPSA) is 99.7 Å². The Balaban J connectivity index is 1.66. The third-order valence-corrected chi connectivity index (χ3v) is 4.57. The molecule has 3 aromatic carbocycles. The van der Waals surface area contributed by atoms with Crippen LogP contribution >= 0.6 is 0 Å². The Bertz CT molecular complexity index is 1240. The van der Waals surface area contributed by atoms with E-state index in [0.29, 0.717) is 5.69 Å². The van der Waals surface area contributed by atoms with Gasteiger partial charge in [0.2, 0.25) is 0 Å². The largest absolute Gasteiger partial charge is 0.417 e. The highest BCUT2D eigenvalue weighted by Gasteiger charge is 2.32. The summed E-state index contributed by atoms with van der Waals surface area (Å²) in [6.45, 7) is 1.90. The number of alkyl halides is 3. The summed E-state index contributed by atoms with van der Waals surface area (Å²) in [6.07, 6.45) is -3.82. The van der Waals surface area contributed by atoms with Gasteiger partial charge >= 0.3 is 18.0 Å². The lowest BCUT2D eigenvalue weighted by molar-refractivity contribution is -0.137. The first-order chi connectivity index (χ1) is 16.1. The van der Waals surface area contributed by atoms with Crippen LogP contribution in [0.5, 0.6) is 0 Å². The molecule has 7 nitrogen and oxygen atoms in total. The highest BCUT2D eigenvalue weighted by atomic mass is 19.4. The number of carbonyl (C=O) groups excluding carboxylic acids is 3. The summed E-state index contributed by atoms with van der Waals surface area (Å²) in [5.74, 6) is -2.90. The smallest absolute Gasteiger partial charge is 0.322 e. The van der Waals surface area contributed by atoms with Gasteiger partial charge in [-0.15, -0.1) is 0 Å². The van der Waals surface area contributed by atoms with E-state index in [1.807, 2.05) is 24.5 Å². The number of para-hydroxylation sites is 1. The highest BCUT2D eigenvalue weighted by molar-refractivity contribution is 6.40. The average molecular weight is 468 g/mol. The molecule has 3 N–H and O–H groups in total. The van der Waals surface area contributed by atoms with Crippen molar-refractivity contribution in [3.63, 3.8) is 0 Å². The van der Waals surface area contributed by atoms with Crippen molar-refractivity contribution in [2.75, 3.05) is 10.6 Å². The van der Waals surface area contributed by atoms with Crippen LogP contribution in [0.25, 0.3) is 0 Å². The van der Waals surface area contributed by atoms with Gasteiger partial charge in [-0.05, 0) is 37.3 Å². The van der Waals surface area contributed by atoms with Crippen molar-refractivity contribution < 1.29 is 27.6 Å². The molecule has 0 bridgehead atoms. The zero-order chi connectivity index (χ0) is 24.7. The maximum atomic E-state index is 13.0. The normalized spacial score (nSPS) is 11.2. The summed E-state index contributed by atoms with van der Waals surface area (Å²) in [6, 6.07) is 17.8. The third kappa shape index (κ3) is 6.28. The second-order valence-corrected chi connectivity index (χ2v) is 7.10. The van der Waals surface area contributed by atoms with Gasteiger partial charge in [0.05, 0.1) is 23.0 Å². The number of hydrogen-bond acceptors (Lipinski definition) is 4. The van der Waals surface area contributed by atoms with Crippen LogP contribution in [-0.4, -0.2) is 23.9 Å². The van der Waals surface area contributed by atoms with Crippen LogP contribution < -0.4 is 16.1 Å². The number of halogens is 3. The number of hydrazone groups is 1. The molecule has 0 saturated heterocycles. The van der Waals surface area contributed by atoms with E-state index in [4.69, 9.17) is 0 Å². The van der Waals surface area contributed by atoms with E-state index in [0.717, 1.165) is 17.8 Å². The number of amides is 3. The minimum atomic E-state index is -4.60. The Labute approximate surface area is 192 Å². The summed E-state index contributed by atoms with van der Waals surface area (Å²) in [5, 5.41) is 8.43. The van der Waals surface area contributed by atoms with Crippen LogP contribution in [-0.2, 0) is 15.8 Å². The lowest BCUT2D eigenvalue weighted by atomic mass is 10.1. The average Bonchev–Trinajstić information content (AvgIpc) is 2.80. The van der Waals surface area contributed by atoms with E-state index < -0.39 is 29.5 Å². The monoisotopic (exact) mass is 468 g/mol. The molecule has 0 aromatic heterocycles. The molecule has 0 unspecified atom stereocenters. The van der Waals surface area contributed by atoms with Gasteiger partial charge in [0.1, 0.15) is 0 Å². The van der Waals surface area contributed by atoms with E-state index >= 15 is 0 Å². The Morgan fingerprint density at radius 2 is 1.47 bits per heavy atom. The molecule has 0 radical (unpaired) electrons. The van der Waals surface area contributed by atoms with E-state index in [-0.39, 0.29) is 16.8 Å². The van der Waals surface area contributed by atoms with Gasteiger partial charge in [-0.2, -0.15) is 18.3 Å². The number of hydrogen-bond donors (Lipinski definition) is 3. The first kappa shape index (κ1) is 24.2. The Hall–Kier alpha value is -4.47. The number of benzene rings is 3. The summed E-state index contributed by atoms with van der Waals surface area (Å²) in [4.78, 5) is 36.9. The molecule has 0 saturated carbocycles. The number of anilines is 2. The number of aryl methyl sites for hydroxylation is 1. The summed E-state index contributed by atoms with van der Waals surface area (Å²) < 4.78 is 39.1. The SMILES string of the molecule is Cc1ccc(NC(=O)c2ccccc2NC(=O)C(=O)N/N=C\c2ccccc2C(F)(F)F)cc1. The van der Waals surface area contributed by atoms with Crippen LogP contribution in [0.2, 0.25) is 0 Å². The van der Waals surface area contributed by atoms with Crippen molar-refractivity contribution in [1.29, 1.82) is 0 Å². The number of carbonyl (C=O) groups is 3. The summed E-state index contributed by atoms with van der Waals surface area (Å²) >= 11 is 0. The molecule has 0 spiro atoms. The van der Waals surface area contributed by atoms with Crippen LogP contribution in [0.3, 0.4) is 0 Å². The predicted octanol–water partition coefficient (Wildman–Crippen LogP) is 4.35. The Kier molecular flexibility index (Phi) is 7.42. The number of nitrogens with zero attached hydrogens (tertiary/aromatic N) is 1. The van der Waals surface area contributed by atoms with Gasteiger partial charge in [-0.1, -0.05) is 48.0 Å². The second-order valence-electron chi connectivity index (χ2n) is 7.10. The van der Waals surface area contributed by atoms with E-state index in [1.54, 1.807) is 24.3 Å². The van der Waals surface area contributed by atoms with Crippen molar-refractivity contribution >= 4 is 35.3 Å². The Morgan fingerprint density at radius 3 is 2.18 bits per heavy atom. The zero-order valence-corrected chi connectivity index (χ0v) is 17.8. The minimum Gasteiger partial charge on any atom is -0.322 e. The fourth-order valence-electron chi connectivity index (χ4n) is 2.88. The lowest BCUT2D eigenvalue weighted by Gasteiger charge is -2.11. The van der Waals surface area contributed by atoms with Crippen LogP contribution in [0, 0.1) is 6.92 Å². The van der Waals surface area contributed by atoms with Crippen LogP contribution in [0.1, 0.15) is 27.0 Å². The van der Waals surface area contributed by atoms with Gasteiger partial charge < -0.3 is 10.6 Å². The quantitative estimate of drug-likeness (QED) is 0.295. The summed E-state index contributed by atoms with van der Waals surface area (Å²) in [5.41, 5.74) is 2.38. The molecule has 3 aromatic rings. The maximum Gasteiger partial charge on any atom is 0.417 e. The summed E-state index contributed by atoms with van der Waals surface area (Å²) in [7, 11) is 0. The molecule has 10 heteroatoms. The zero-order valence-electron chi connectivity index (χ0n) is 17.8. The molecule has 3 amide bonds. The van der Waals surface area contributed by atoms with Crippen molar-refractivity contribution in [3.05, 3.63) is 95.1 Å². The third-order valence-electron chi connectivity index (χ3n) is 4.57. The van der Waals surface area contributed by atoms with E-state index in [1.165, 1.54) is 30.3 Å². The molecule has 3 rings (SSSR count). The molecule has 0 aliphatic carbocycles. The molecule has 0 aliphatic heterocycles. The Morgan fingerprint density at radius 1 is 0.824 bits per heavy atom. The highest BCUT2D eigenvalue weighted by Crippen LogP contribution is 2.31.